The first-order chi connectivity index (χ1) is 8.50. The third kappa shape index (κ3) is 2.12. The molecule has 18 heavy (non-hydrogen) atoms. The molecule has 1 heterocycles. The molecule has 2 aromatic rings. The van der Waals surface area contributed by atoms with E-state index in [4.69, 9.17) is 5.11 Å². The number of carboxylic acids is 1. The minimum atomic E-state index is -1.04. The predicted molar refractivity (Wildman–Crippen MR) is 68.4 cm³/mol. The lowest BCUT2D eigenvalue weighted by Gasteiger charge is -2.07. The molecule has 0 spiro atoms. The fourth-order valence-corrected chi connectivity index (χ4v) is 2.50. The van der Waals surface area contributed by atoms with Gasteiger partial charge in [-0.1, -0.05) is 0 Å². The Balaban J connectivity index is 2.69. The van der Waals surface area contributed by atoms with Crippen molar-refractivity contribution in [2.45, 2.75) is 6.92 Å². The van der Waals surface area contributed by atoms with E-state index in [2.05, 4.69) is 0 Å². The van der Waals surface area contributed by atoms with E-state index in [1.165, 1.54) is 25.1 Å². The number of benzene rings is 1. The number of phenols is 1. The van der Waals surface area contributed by atoms with Crippen LogP contribution in [0.2, 0.25) is 0 Å². The zero-order valence-electron chi connectivity index (χ0n) is 9.51. The summed E-state index contributed by atoms with van der Waals surface area (Å²) < 4.78 is 0. The molecular weight excluding hydrogens is 252 g/mol. The van der Waals surface area contributed by atoms with Crippen molar-refractivity contribution in [3.05, 3.63) is 40.1 Å². The van der Waals surface area contributed by atoms with Gasteiger partial charge in [0.2, 0.25) is 0 Å². The molecule has 0 saturated heterocycles. The Morgan fingerprint density at radius 1 is 1.17 bits per heavy atom. The summed E-state index contributed by atoms with van der Waals surface area (Å²) in [5, 5.41) is 20.2. The molecule has 0 unspecified atom stereocenters. The van der Waals surface area contributed by atoms with E-state index in [-0.39, 0.29) is 16.4 Å². The van der Waals surface area contributed by atoms with E-state index < -0.39 is 5.97 Å². The summed E-state index contributed by atoms with van der Waals surface area (Å²) >= 11 is 1.09. The van der Waals surface area contributed by atoms with Crippen LogP contribution in [0, 0.1) is 0 Å². The van der Waals surface area contributed by atoms with Gasteiger partial charge in [0.15, 0.2) is 5.78 Å². The fraction of sp³-hybridized carbons (Fsp3) is 0.0769. The van der Waals surface area contributed by atoms with Crippen LogP contribution in [-0.2, 0) is 0 Å². The van der Waals surface area contributed by atoms with Gasteiger partial charge in [0, 0.05) is 11.1 Å². The smallest absolute Gasteiger partial charge is 0.346 e. The lowest BCUT2D eigenvalue weighted by atomic mass is 9.97. The summed E-state index contributed by atoms with van der Waals surface area (Å²) in [6, 6.07) is 5.95. The number of thiophene rings is 1. The number of hydrogen-bond acceptors (Lipinski definition) is 4. The van der Waals surface area contributed by atoms with Crippen molar-refractivity contribution in [3.8, 4) is 16.9 Å². The van der Waals surface area contributed by atoms with E-state index in [9.17, 15) is 14.7 Å². The van der Waals surface area contributed by atoms with Gasteiger partial charge in [-0.15, -0.1) is 11.3 Å². The average molecular weight is 262 g/mol. The Hall–Kier alpha value is -2.14. The van der Waals surface area contributed by atoms with Gasteiger partial charge in [-0.05, 0) is 42.1 Å². The Kier molecular flexibility index (Phi) is 3.16. The first-order valence-electron chi connectivity index (χ1n) is 5.16. The summed E-state index contributed by atoms with van der Waals surface area (Å²) in [7, 11) is 0. The van der Waals surface area contributed by atoms with Gasteiger partial charge in [-0.3, -0.25) is 4.79 Å². The topological polar surface area (TPSA) is 74.6 Å². The molecule has 0 aliphatic rings. The number of ketones is 1. The fourth-order valence-electron chi connectivity index (χ4n) is 1.75. The van der Waals surface area contributed by atoms with Crippen LogP contribution in [0.4, 0.5) is 0 Å². The summed E-state index contributed by atoms with van der Waals surface area (Å²) in [5.74, 6) is -1.22. The molecule has 0 radical (unpaired) electrons. The van der Waals surface area contributed by atoms with Crippen molar-refractivity contribution in [2.24, 2.45) is 0 Å². The summed E-state index contributed by atoms with van der Waals surface area (Å²) in [6.45, 7) is 1.41. The van der Waals surface area contributed by atoms with E-state index in [1.54, 1.807) is 11.4 Å². The Bertz CT molecular complexity index is 628. The van der Waals surface area contributed by atoms with Gasteiger partial charge >= 0.3 is 5.97 Å². The number of rotatable bonds is 3. The van der Waals surface area contributed by atoms with Crippen molar-refractivity contribution in [1.29, 1.82) is 0 Å². The van der Waals surface area contributed by atoms with E-state index in [0.29, 0.717) is 16.7 Å². The van der Waals surface area contributed by atoms with Crippen LogP contribution in [0.5, 0.6) is 5.75 Å². The zero-order chi connectivity index (χ0) is 13.3. The second-order valence-electron chi connectivity index (χ2n) is 3.75. The van der Waals surface area contributed by atoms with Crippen molar-refractivity contribution in [3.63, 3.8) is 0 Å². The van der Waals surface area contributed by atoms with Gasteiger partial charge in [0.1, 0.15) is 10.6 Å². The summed E-state index contributed by atoms with van der Waals surface area (Å²) in [6.07, 6.45) is 0. The van der Waals surface area contributed by atoms with Crippen molar-refractivity contribution >= 4 is 23.1 Å². The standard InChI is InChI=1S/C13H10O4S/c1-7(14)9-3-2-8(15)6-11(9)10-4-5-18-12(10)13(16)17/h2-6,15H,1H3,(H,16,17). The van der Waals surface area contributed by atoms with Gasteiger partial charge < -0.3 is 10.2 Å². The Morgan fingerprint density at radius 3 is 2.50 bits per heavy atom. The first kappa shape index (κ1) is 12.3. The number of aromatic hydroxyl groups is 1. The van der Waals surface area contributed by atoms with Crippen LogP contribution in [0.15, 0.2) is 29.6 Å². The first-order valence-corrected chi connectivity index (χ1v) is 6.03. The van der Waals surface area contributed by atoms with Crippen LogP contribution >= 0.6 is 11.3 Å². The number of carboxylic acid groups (broad SMARTS) is 1. The number of aromatic carboxylic acids is 1. The number of phenolic OH excluding ortho intramolecular Hbond substituents is 1. The maximum Gasteiger partial charge on any atom is 0.346 e. The molecule has 5 heteroatoms. The summed E-state index contributed by atoms with van der Waals surface area (Å²) in [5.41, 5.74) is 1.29. The molecule has 0 aliphatic carbocycles. The van der Waals surface area contributed by atoms with Crippen LogP contribution in [0.25, 0.3) is 11.1 Å². The third-order valence-corrected chi connectivity index (χ3v) is 3.43. The zero-order valence-corrected chi connectivity index (χ0v) is 10.3. The lowest BCUT2D eigenvalue weighted by Crippen LogP contribution is -1.99. The van der Waals surface area contributed by atoms with Crippen LogP contribution in [-0.4, -0.2) is 22.0 Å². The Morgan fingerprint density at radius 2 is 1.89 bits per heavy atom. The third-order valence-electron chi connectivity index (χ3n) is 2.53. The monoisotopic (exact) mass is 262 g/mol. The number of carbonyl (C=O) groups is 2. The van der Waals surface area contributed by atoms with Crippen molar-refractivity contribution in [2.75, 3.05) is 0 Å². The van der Waals surface area contributed by atoms with E-state index >= 15 is 0 Å². The highest BCUT2D eigenvalue weighted by atomic mass is 32.1. The minimum Gasteiger partial charge on any atom is -0.508 e. The maximum absolute atomic E-state index is 11.5. The highest BCUT2D eigenvalue weighted by molar-refractivity contribution is 7.12. The maximum atomic E-state index is 11.5. The molecule has 1 aromatic carbocycles. The van der Waals surface area contributed by atoms with Crippen LogP contribution in [0.1, 0.15) is 27.0 Å². The summed E-state index contributed by atoms with van der Waals surface area (Å²) in [4.78, 5) is 22.8. The number of Topliss-reactive ketones (excluding diaryl/α,β-unsaturated/α-hetero) is 1. The van der Waals surface area contributed by atoms with Crippen molar-refractivity contribution in [1.82, 2.24) is 0 Å². The molecule has 0 bridgehead atoms. The number of carbonyl (C=O) groups excluding carboxylic acids is 1. The van der Waals surface area contributed by atoms with Crippen molar-refractivity contribution < 1.29 is 19.8 Å². The second-order valence-corrected chi connectivity index (χ2v) is 4.67. The van der Waals surface area contributed by atoms with Gasteiger partial charge in [-0.2, -0.15) is 0 Å². The molecular formula is C13H10O4S. The molecule has 0 saturated carbocycles. The molecule has 92 valence electrons. The molecule has 2 N–H and O–H groups in total. The lowest BCUT2D eigenvalue weighted by molar-refractivity contribution is 0.0702. The van der Waals surface area contributed by atoms with E-state index in [0.717, 1.165) is 11.3 Å². The molecule has 0 fully saturated rings. The second kappa shape index (κ2) is 4.62. The molecule has 1 aromatic heterocycles. The van der Waals surface area contributed by atoms with Gasteiger partial charge in [-0.25, -0.2) is 4.79 Å². The molecule has 4 nitrogen and oxygen atoms in total. The van der Waals surface area contributed by atoms with Gasteiger partial charge in [0.25, 0.3) is 0 Å². The molecule has 2 rings (SSSR count). The SMILES string of the molecule is CC(=O)c1ccc(O)cc1-c1ccsc1C(=O)O. The van der Waals surface area contributed by atoms with Gasteiger partial charge in [0.05, 0.1) is 0 Å². The highest BCUT2D eigenvalue weighted by Crippen LogP contribution is 2.33. The number of hydrogen-bond donors (Lipinski definition) is 2. The molecule has 0 aliphatic heterocycles. The predicted octanol–water partition coefficient (Wildman–Crippen LogP) is 3.02. The highest BCUT2D eigenvalue weighted by Gasteiger charge is 2.18. The normalized spacial score (nSPS) is 10.3. The minimum absolute atomic E-state index is 0.00228. The largest absolute Gasteiger partial charge is 0.508 e. The van der Waals surface area contributed by atoms with Crippen LogP contribution in [0.3, 0.4) is 0 Å². The van der Waals surface area contributed by atoms with E-state index in [1.807, 2.05) is 0 Å². The van der Waals surface area contributed by atoms with Crippen LogP contribution < -0.4 is 0 Å². The molecule has 0 amide bonds. The molecule has 0 atom stereocenters. The Labute approximate surface area is 107 Å². The average Bonchev–Trinajstić information content (AvgIpc) is 2.77. The quantitative estimate of drug-likeness (QED) is 0.834.